The maximum atomic E-state index is 10.9. The molecule has 0 heterocycles. The lowest BCUT2D eigenvalue weighted by Gasteiger charge is -2.07. The summed E-state index contributed by atoms with van der Waals surface area (Å²) >= 11 is 3.32. The number of benzene rings is 2. The van der Waals surface area contributed by atoms with E-state index in [1.165, 1.54) is 11.6 Å². The van der Waals surface area contributed by atoms with Gasteiger partial charge in [0.05, 0.1) is 4.92 Å². The Labute approximate surface area is 119 Å². The second-order valence-corrected chi connectivity index (χ2v) is 5.00. The highest BCUT2D eigenvalue weighted by atomic mass is 79.9. The average Bonchev–Trinajstić information content (AvgIpc) is 2.39. The highest BCUT2D eigenvalue weighted by molar-refractivity contribution is 9.10. The van der Waals surface area contributed by atoms with Crippen LogP contribution in [0, 0.1) is 10.1 Å². The van der Waals surface area contributed by atoms with E-state index in [9.17, 15) is 10.1 Å². The largest absolute Gasteiger partial charge is 0.379 e. The molecule has 19 heavy (non-hydrogen) atoms. The van der Waals surface area contributed by atoms with Gasteiger partial charge in [0.1, 0.15) is 5.69 Å². The van der Waals surface area contributed by atoms with Gasteiger partial charge >= 0.3 is 0 Å². The number of nitro benzene ring substituents is 1. The first-order valence-corrected chi connectivity index (χ1v) is 6.68. The van der Waals surface area contributed by atoms with Gasteiger partial charge in [-0.05, 0) is 24.1 Å². The van der Waals surface area contributed by atoms with Gasteiger partial charge in [-0.25, -0.2) is 0 Å². The van der Waals surface area contributed by atoms with Gasteiger partial charge in [0.25, 0.3) is 5.69 Å². The number of halogens is 1. The van der Waals surface area contributed by atoms with E-state index in [1.807, 2.05) is 30.3 Å². The first-order valence-electron chi connectivity index (χ1n) is 5.88. The molecule has 0 aliphatic heterocycles. The molecule has 2 rings (SSSR count). The molecule has 0 bridgehead atoms. The predicted molar refractivity (Wildman–Crippen MR) is 79.4 cm³/mol. The van der Waals surface area contributed by atoms with Crippen LogP contribution in [0.3, 0.4) is 0 Å². The van der Waals surface area contributed by atoms with E-state index in [0.29, 0.717) is 12.2 Å². The summed E-state index contributed by atoms with van der Waals surface area (Å²) in [7, 11) is 0. The van der Waals surface area contributed by atoms with E-state index in [2.05, 4.69) is 21.2 Å². The molecule has 0 aliphatic carbocycles. The Bertz CT molecular complexity index is 573. The van der Waals surface area contributed by atoms with Crippen LogP contribution in [0.5, 0.6) is 0 Å². The summed E-state index contributed by atoms with van der Waals surface area (Å²) < 4.78 is 0.820. The monoisotopic (exact) mass is 320 g/mol. The molecular weight excluding hydrogens is 308 g/mol. The first kappa shape index (κ1) is 13.5. The molecule has 5 heteroatoms. The van der Waals surface area contributed by atoms with Gasteiger partial charge in [0.15, 0.2) is 0 Å². The Kier molecular flexibility index (Phi) is 4.52. The second-order valence-electron chi connectivity index (χ2n) is 4.08. The molecule has 1 N–H and O–H groups in total. The van der Waals surface area contributed by atoms with E-state index in [1.54, 1.807) is 12.1 Å². The Morgan fingerprint density at radius 3 is 2.58 bits per heavy atom. The topological polar surface area (TPSA) is 55.2 Å². The molecule has 0 aliphatic rings. The van der Waals surface area contributed by atoms with Gasteiger partial charge in [-0.3, -0.25) is 10.1 Å². The molecule has 0 saturated heterocycles. The Morgan fingerprint density at radius 2 is 1.89 bits per heavy atom. The second kappa shape index (κ2) is 6.33. The summed E-state index contributed by atoms with van der Waals surface area (Å²) in [6.07, 6.45) is 0.824. The van der Waals surface area contributed by atoms with Crippen LogP contribution in [0.25, 0.3) is 0 Å². The van der Waals surface area contributed by atoms with Crippen molar-refractivity contribution in [2.45, 2.75) is 6.42 Å². The zero-order valence-electron chi connectivity index (χ0n) is 10.2. The zero-order chi connectivity index (χ0) is 13.7. The van der Waals surface area contributed by atoms with Gasteiger partial charge in [0, 0.05) is 17.1 Å². The van der Waals surface area contributed by atoms with E-state index in [0.717, 1.165) is 10.9 Å². The van der Waals surface area contributed by atoms with Crippen LogP contribution >= 0.6 is 15.9 Å². The van der Waals surface area contributed by atoms with Crippen LogP contribution in [0.2, 0.25) is 0 Å². The fraction of sp³-hybridized carbons (Fsp3) is 0.143. The van der Waals surface area contributed by atoms with Crippen molar-refractivity contribution in [1.82, 2.24) is 0 Å². The number of hydrogen-bond donors (Lipinski definition) is 1. The third-order valence-corrected chi connectivity index (χ3v) is 3.22. The van der Waals surface area contributed by atoms with Gasteiger partial charge in [-0.15, -0.1) is 0 Å². The lowest BCUT2D eigenvalue weighted by Crippen LogP contribution is -2.06. The SMILES string of the molecule is O=[N+]([O-])c1ccc(Br)cc1NCCc1ccccc1. The highest BCUT2D eigenvalue weighted by Gasteiger charge is 2.12. The van der Waals surface area contributed by atoms with Gasteiger partial charge in [-0.2, -0.15) is 0 Å². The summed E-state index contributed by atoms with van der Waals surface area (Å²) in [5.74, 6) is 0. The smallest absolute Gasteiger partial charge is 0.292 e. The van der Waals surface area contributed by atoms with Crippen molar-refractivity contribution in [3.63, 3.8) is 0 Å². The van der Waals surface area contributed by atoms with E-state index >= 15 is 0 Å². The van der Waals surface area contributed by atoms with Crippen LogP contribution in [-0.2, 0) is 6.42 Å². The number of nitrogens with one attached hydrogen (secondary N) is 1. The van der Waals surface area contributed by atoms with Gasteiger partial charge in [0.2, 0.25) is 0 Å². The van der Waals surface area contributed by atoms with Crippen molar-refractivity contribution in [3.05, 3.63) is 68.7 Å². The normalized spacial score (nSPS) is 10.2. The van der Waals surface area contributed by atoms with Crippen molar-refractivity contribution in [2.24, 2.45) is 0 Å². The number of anilines is 1. The fourth-order valence-electron chi connectivity index (χ4n) is 1.80. The summed E-state index contributed by atoms with van der Waals surface area (Å²) in [6, 6.07) is 14.9. The molecule has 0 saturated carbocycles. The van der Waals surface area contributed by atoms with E-state index in [4.69, 9.17) is 0 Å². The molecule has 98 valence electrons. The molecule has 0 spiro atoms. The summed E-state index contributed by atoms with van der Waals surface area (Å²) in [4.78, 5) is 10.5. The molecular formula is C14H13BrN2O2. The fourth-order valence-corrected chi connectivity index (χ4v) is 2.16. The maximum absolute atomic E-state index is 10.9. The Balaban J connectivity index is 2.03. The van der Waals surface area contributed by atoms with Crippen molar-refractivity contribution in [1.29, 1.82) is 0 Å². The van der Waals surface area contributed by atoms with Gasteiger partial charge < -0.3 is 5.32 Å². The number of nitrogens with zero attached hydrogens (tertiary/aromatic N) is 1. The third-order valence-electron chi connectivity index (χ3n) is 2.73. The van der Waals surface area contributed by atoms with Gasteiger partial charge in [-0.1, -0.05) is 46.3 Å². The first-order chi connectivity index (χ1) is 9.16. The molecule has 0 amide bonds. The molecule has 0 atom stereocenters. The van der Waals surface area contributed by atoms with Crippen LogP contribution in [0.4, 0.5) is 11.4 Å². The van der Waals surface area contributed by atoms with E-state index in [-0.39, 0.29) is 10.6 Å². The average molecular weight is 321 g/mol. The summed E-state index contributed by atoms with van der Waals surface area (Å²) in [6.45, 7) is 0.654. The maximum Gasteiger partial charge on any atom is 0.292 e. The Hall–Kier alpha value is -1.88. The molecule has 4 nitrogen and oxygen atoms in total. The standard InChI is InChI=1S/C14H13BrN2O2/c15-12-6-7-14(17(18)19)13(10-12)16-9-8-11-4-2-1-3-5-11/h1-7,10,16H,8-9H2. The number of nitro groups is 1. The van der Waals surface area contributed by atoms with Crippen LogP contribution < -0.4 is 5.32 Å². The minimum absolute atomic E-state index is 0.0938. The van der Waals surface area contributed by atoms with Crippen molar-refractivity contribution in [3.8, 4) is 0 Å². The molecule has 0 radical (unpaired) electrons. The zero-order valence-corrected chi connectivity index (χ0v) is 11.8. The number of hydrogen-bond acceptors (Lipinski definition) is 3. The Morgan fingerprint density at radius 1 is 1.16 bits per heavy atom. The van der Waals surface area contributed by atoms with Crippen LogP contribution in [0.15, 0.2) is 53.0 Å². The molecule has 0 unspecified atom stereocenters. The van der Waals surface area contributed by atoms with Crippen LogP contribution in [-0.4, -0.2) is 11.5 Å². The van der Waals surface area contributed by atoms with Crippen molar-refractivity contribution < 1.29 is 4.92 Å². The van der Waals surface area contributed by atoms with E-state index < -0.39 is 0 Å². The molecule has 0 fully saturated rings. The minimum Gasteiger partial charge on any atom is -0.379 e. The predicted octanol–water partition coefficient (Wildman–Crippen LogP) is 4.01. The molecule has 2 aromatic carbocycles. The van der Waals surface area contributed by atoms with Crippen molar-refractivity contribution >= 4 is 27.3 Å². The third kappa shape index (κ3) is 3.79. The van der Waals surface area contributed by atoms with Crippen molar-refractivity contribution in [2.75, 3.05) is 11.9 Å². The summed E-state index contributed by atoms with van der Waals surface area (Å²) in [5, 5.41) is 14.0. The summed E-state index contributed by atoms with van der Waals surface area (Å²) in [5.41, 5.74) is 1.83. The molecule has 0 aromatic heterocycles. The lowest BCUT2D eigenvalue weighted by atomic mass is 10.1. The quantitative estimate of drug-likeness (QED) is 0.669. The highest BCUT2D eigenvalue weighted by Crippen LogP contribution is 2.27. The lowest BCUT2D eigenvalue weighted by molar-refractivity contribution is -0.384. The van der Waals surface area contributed by atoms with Crippen LogP contribution in [0.1, 0.15) is 5.56 Å². The minimum atomic E-state index is -0.378. The number of rotatable bonds is 5. The molecule has 2 aromatic rings.